The molecule has 0 spiro atoms. The molecule has 1 aromatic rings. The molecule has 0 saturated carbocycles. The average Bonchev–Trinajstić information content (AvgIpc) is 2.63. The number of allylic oxidation sites excluding steroid dienone is 8. The van der Waals surface area contributed by atoms with Gasteiger partial charge in [-0.3, -0.25) is 4.90 Å². The highest BCUT2D eigenvalue weighted by Crippen LogP contribution is 2.37. The molecule has 2 nitrogen and oxygen atoms in total. The first kappa shape index (κ1) is 19.5. The summed E-state index contributed by atoms with van der Waals surface area (Å²) in [6.07, 6.45) is 14.1. The van der Waals surface area contributed by atoms with E-state index in [1.165, 1.54) is 11.1 Å². The Kier molecular flexibility index (Phi) is 7.47. The number of benzene rings is 1. The SMILES string of the molecule is C=C\C=C/C=C\C=C/C(I)=C(/O)C(=C)C1c2ccccc2CCN1C. The van der Waals surface area contributed by atoms with E-state index < -0.39 is 0 Å². The first-order valence-corrected chi connectivity index (χ1v) is 9.32. The highest BCUT2D eigenvalue weighted by Gasteiger charge is 2.28. The summed E-state index contributed by atoms with van der Waals surface area (Å²) >= 11 is 2.15. The summed E-state index contributed by atoms with van der Waals surface area (Å²) in [4.78, 5) is 2.24. The maximum Gasteiger partial charge on any atom is 0.133 e. The molecule has 1 atom stereocenters. The molecule has 0 fully saturated rings. The summed E-state index contributed by atoms with van der Waals surface area (Å²) < 4.78 is 0.774. The third kappa shape index (κ3) is 5.06. The van der Waals surface area contributed by atoms with Crippen LogP contribution in [0.5, 0.6) is 0 Å². The number of hydrogen-bond donors (Lipinski definition) is 1. The quantitative estimate of drug-likeness (QED) is 0.338. The van der Waals surface area contributed by atoms with Gasteiger partial charge in [0.2, 0.25) is 0 Å². The van der Waals surface area contributed by atoms with E-state index in [4.69, 9.17) is 0 Å². The van der Waals surface area contributed by atoms with Crippen LogP contribution in [0.3, 0.4) is 0 Å². The Morgan fingerprint density at radius 2 is 1.88 bits per heavy atom. The molecule has 1 unspecified atom stereocenters. The number of nitrogens with zero attached hydrogens (tertiary/aromatic N) is 1. The molecule has 1 aliphatic rings. The van der Waals surface area contributed by atoms with E-state index in [1.54, 1.807) is 6.08 Å². The van der Waals surface area contributed by atoms with Gasteiger partial charge in [0.05, 0.1) is 9.62 Å². The van der Waals surface area contributed by atoms with Crippen LogP contribution in [0, 0.1) is 0 Å². The van der Waals surface area contributed by atoms with Gasteiger partial charge in [-0.25, -0.2) is 0 Å². The average molecular weight is 445 g/mol. The molecule has 1 heterocycles. The van der Waals surface area contributed by atoms with Crippen molar-refractivity contribution < 1.29 is 5.11 Å². The molecule has 0 bridgehead atoms. The van der Waals surface area contributed by atoms with Crippen LogP contribution < -0.4 is 0 Å². The maximum atomic E-state index is 10.7. The van der Waals surface area contributed by atoms with E-state index in [-0.39, 0.29) is 11.8 Å². The third-order valence-corrected chi connectivity index (χ3v) is 5.08. The number of likely N-dealkylation sites (N-methyl/N-ethyl adjacent to an activating group) is 1. The molecule has 3 heteroatoms. The van der Waals surface area contributed by atoms with E-state index in [0.717, 1.165) is 22.1 Å². The molecule has 0 radical (unpaired) electrons. The van der Waals surface area contributed by atoms with Gasteiger partial charge in [-0.05, 0) is 53.3 Å². The number of fused-ring (bicyclic) bond motifs is 1. The molecule has 130 valence electrons. The number of rotatable bonds is 6. The lowest BCUT2D eigenvalue weighted by atomic mass is 9.88. The molecular weight excluding hydrogens is 421 g/mol. The van der Waals surface area contributed by atoms with Crippen molar-refractivity contribution >= 4 is 22.6 Å². The van der Waals surface area contributed by atoms with Gasteiger partial charge in [0.1, 0.15) is 5.76 Å². The van der Waals surface area contributed by atoms with Crippen LogP contribution in [0.15, 0.2) is 94.9 Å². The Labute approximate surface area is 164 Å². The highest BCUT2D eigenvalue weighted by molar-refractivity contribution is 14.1. The first-order valence-electron chi connectivity index (χ1n) is 8.24. The molecule has 1 aliphatic heterocycles. The van der Waals surface area contributed by atoms with Crippen molar-refractivity contribution in [2.45, 2.75) is 12.5 Å². The van der Waals surface area contributed by atoms with E-state index in [0.29, 0.717) is 0 Å². The minimum atomic E-state index is 0.00850. The lowest BCUT2D eigenvalue weighted by Gasteiger charge is -2.35. The van der Waals surface area contributed by atoms with Crippen molar-refractivity contribution in [3.05, 3.63) is 106 Å². The van der Waals surface area contributed by atoms with Gasteiger partial charge in [-0.1, -0.05) is 73.9 Å². The summed E-state index contributed by atoms with van der Waals surface area (Å²) in [6, 6.07) is 8.42. The van der Waals surface area contributed by atoms with Crippen LogP contribution in [0.1, 0.15) is 17.2 Å². The zero-order chi connectivity index (χ0) is 18.2. The molecule has 25 heavy (non-hydrogen) atoms. The predicted molar refractivity (Wildman–Crippen MR) is 116 cm³/mol. The smallest absolute Gasteiger partial charge is 0.133 e. The van der Waals surface area contributed by atoms with E-state index in [1.807, 2.05) is 42.5 Å². The van der Waals surface area contributed by atoms with Crippen LogP contribution in [0.2, 0.25) is 0 Å². The molecule has 0 saturated heterocycles. The second kappa shape index (κ2) is 9.59. The van der Waals surface area contributed by atoms with Gasteiger partial charge in [0, 0.05) is 12.1 Å². The van der Waals surface area contributed by atoms with Crippen molar-refractivity contribution in [3.63, 3.8) is 0 Å². The summed E-state index contributed by atoms with van der Waals surface area (Å²) in [5, 5.41) is 10.7. The first-order chi connectivity index (χ1) is 12.1. The highest BCUT2D eigenvalue weighted by atomic mass is 127. The van der Waals surface area contributed by atoms with Gasteiger partial charge in [-0.2, -0.15) is 0 Å². The summed E-state index contributed by atoms with van der Waals surface area (Å²) in [5.74, 6) is 0.250. The molecule has 1 N–H and O–H groups in total. The Morgan fingerprint density at radius 3 is 2.64 bits per heavy atom. The van der Waals surface area contributed by atoms with E-state index >= 15 is 0 Å². The Hall–Kier alpha value is -1.85. The zero-order valence-corrected chi connectivity index (χ0v) is 16.7. The molecular formula is C22H24INO. The number of hydrogen-bond acceptors (Lipinski definition) is 2. The van der Waals surface area contributed by atoms with Crippen molar-refractivity contribution in [1.29, 1.82) is 0 Å². The second-order valence-electron chi connectivity index (χ2n) is 5.92. The summed E-state index contributed by atoms with van der Waals surface area (Å²) in [7, 11) is 2.08. The minimum absolute atomic E-state index is 0.00850. The topological polar surface area (TPSA) is 23.5 Å². The fraction of sp³-hybridized carbons (Fsp3) is 0.182. The number of aliphatic hydroxyl groups is 1. The Bertz CT molecular complexity index is 755. The van der Waals surface area contributed by atoms with Crippen molar-refractivity contribution in [2.75, 3.05) is 13.6 Å². The van der Waals surface area contributed by atoms with Crippen LogP contribution in [0.4, 0.5) is 0 Å². The minimum Gasteiger partial charge on any atom is -0.507 e. The van der Waals surface area contributed by atoms with Crippen LogP contribution in [-0.2, 0) is 6.42 Å². The lowest BCUT2D eigenvalue weighted by Crippen LogP contribution is -2.33. The van der Waals surface area contributed by atoms with Gasteiger partial charge in [0.25, 0.3) is 0 Å². The Balaban J connectivity index is 2.21. The zero-order valence-electron chi connectivity index (χ0n) is 14.5. The third-order valence-electron chi connectivity index (χ3n) is 4.21. The molecule has 0 aliphatic carbocycles. The normalized spacial score (nSPS) is 19.4. The number of aliphatic hydroxyl groups excluding tert-OH is 1. The van der Waals surface area contributed by atoms with Crippen molar-refractivity contribution in [2.24, 2.45) is 0 Å². The van der Waals surface area contributed by atoms with Crippen molar-refractivity contribution in [3.8, 4) is 0 Å². The molecule has 0 amide bonds. The maximum absolute atomic E-state index is 10.7. The van der Waals surface area contributed by atoms with Crippen LogP contribution in [-0.4, -0.2) is 23.6 Å². The van der Waals surface area contributed by atoms with E-state index in [2.05, 4.69) is 65.9 Å². The van der Waals surface area contributed by atoms with E-state index in [9.17, 15) is 5.11 Å². The number of halogens is 1. The second-order valence-corrected chi connectivity index (χ2v) is 7.08. The fourth-order valence-electron chi connectivity index (χ4n) is 2.92. The standard InChI is InChI=1S/C22H24INO/c1-4-5-6-7-8-9-14-20(23)22(25)17(2)21-19-13-11-10-12-18(19)15-16-24(21)3/h4-14,21,25H,1-2,15-16H2,3H3/b6-5-,8-7-,14-9-,22-20-. The predicted octanol–water partition coefficient (Wildman–Crippen LogP) is 5.83. The summed E-state index contributed by atoms with van der Waals surface area (Å²) in [5.41, 5.74) is 3.30. The van der Waals surface area contributed by atoms with Gasteiger partial charge in [-0.15, -0.1) is 0 Å². The van der Waals surface area contributed by atoms with Gasteiger partial charge >= 0.3 is 0 Å². The Morgan fingerprint density at radius 1 is 1.20 bits per heavy atom. The lowest BCUT2D eigenvalue weighted by molar-refractivity contribution is 0.252. The molecule has 1 aromatic carbocycles. The monoisotopic (exact) mass is 445 g/mol. The summed E-state index contributed by atoms with van der Waals surface area (Å²) in [6.45, 7) is 8.77. The molecule has 2 rings (SSSR count). The van der Waals surface area contributed by atoms with Gasteiger partial charge < -0.3 is 5.11 Å². The van der Waals surface area contributed by atoms with Crippen LogP contribution in [0.25, 0.3) is 0 Å². The van der Waals surface area contributed by atoms with Crippen LogP contribution >= 0.6 is 22.6 Å². The molecule has 0 aromatic heterocycles. The van der Waals surface area contributed by atoms with Gasteiger partial charge in [0.15, 0.2) is 0 Å². The van der Waals surface area contributed by atoms with Crippen molar-refractivity contribution in [1.82, 2.24) is 4.90 Å². The largest absolute Gasteiger partial charge is 0.507 e. The fourth-order valence-corrected chi connectivity index (χ4v) is 3.47.